The van der Waals surface area contributed by atoms with Gasteiger partial charge in [0.25, 0.3) is 0 Å². The number of nitrogens with zero attached hydrogens (tertiary/aromatic N) is 3. The summed E-state index contributed by atoms with van der Waals surface area (Å²) in [4.78, 5) is 12.4. The average Bonchev–Trinajstić information content (AvgIpc) is 3.27. The van der Waals surface area contributed by atoms with Gasteiger partial charge in [0.1, 0.15) is 6.07 Å². The molecule has 0 saturated heterocycles. The van der Waals surface area contributed by atoms with Gasteiger partial charge in [-0.1, -0.05) is 30.3 Å². The largest absolute Gasteiger partial charge is 0.346 e. The molecule has 0 fully saturated rings. The Morgan fingerprint density at radius 3 is 3.04 bits per heavy atom. The zero-order valence-corrected chi connectivity index (χ0v) is 17.5. The van der Waals surface area contributed by atoms with Crippen LogP contribution in [0, 0.1) is 11.3 Å². The first kappa shape index (κ1) is 18.1. The second kappa shape index (κ2) is 7.79. The van der Waals surface area contributed by atoms with E-state index >= 15 is 0 Å². The minimum absolute atomic E-state index is 0.0840. The molecule has 7 heteroatoms. The van der Waals surface area contributed by atoms with E-state index in [1.807, 2.05) is 34.8 Å². The Labute approximate surface area is 171 Å². The molecule has 2 aromatic carbocycles. The van der Waals surface area contributed by atoms with Crippen molar-refractivity contribution in [1.29, 1.82) is 5.26 Å². The molecule has 1 aliphatic carbocycles. The van der Waals surface area contributed by atoms with Crippen molar-refractivity contribution in [2.75, 3.05) is 0 Å². The fourth-order valence-electron chi connectivity index (χ4n) is 3.48. The van der Waals surface area contributed by atoms with E-state index in [0.29, 0.717) is 12.1 Å². The Balaban J connectivity index is 1.51. The van der Waals surface area contributed by atoms with Crippen LogP contribution in [0.2, 0.25) is 0 Å². The normalized spacial score (nSPS) is 16.2. The van der Waals surface area contributed by atoms with Crippen molar-refractivity contribution in [3.05, 3.63) is 70.9 Å². The minimum Gasteiger partial charge on any atom is -0.346 e. The highest BCUT2D eigenvalue weighted by atomic mass is 127. The zero-order valence-electron chi connectivity index (χ0n) is 14.3. The lowest BCUT2D eigenvalue weighted by Gasteiger charge is -2.12. The number of rotatable bonds is 4. The summed E-state index contributed by atoms with van der Waals surface area (Å²) in [6, 6.07) is 16.2. The molecule has 5 nitrogen and oxygen atoms in total. The van der Waals surface area contributed by atoms with Crippen LogP contribution in [0.3, 0.4) is 0 Å². The van der Waals surface area contributed by atoms with Crippen molar-refractivity contribution in [1.82, 2.24) is 14.9 Å². The summed E-state index contributed by atoms with van der Waals surface area (Å²) in [5, 5.41) is 17.4. The van der Waals surface area contributed by atoms with E-state index in [9.17, 15) is 10.1 Å². The predicted molar refractivity (Wildman–Crippen MR) is 117 cm³/mol. The van der Waals surface area contributed by atoms with Gasteiger partial charge in [-0.2, -0.15) is 10.4 Å². The quantitative estimate of drug-likeness (QED) is 0.335. The number of hydrogen-bond acceptors (Lipinski definition) is 3. The molecule has 0 bridgehead atoms. The lowest BCUT2D eigenvalue weighted by atomic mass is 10.1. The van der Waals surface area contributed by atoms with Crippen molar-refractivity contribution in [3.63, 3.8) is 0 Å². The molecule has 1 amide bonds. The van der Waals surface area contributed by atoms with Crippen LogP contribution >= 0.6 is 28.4 Å². The summed E-state index contributed by atoms with van der Waals surface area (Å²) >= 11 is 2.24. The molecule has 134 valence electrons. The smallest absolute Gasteiger partial charge is 0.244 e. The highest BCUT2D eigenvalue weighted by Gasteiger charge is 2.22. The maximum atomic E-state index is 12.4. The Morgan fingerprint density at radius 2 is 2.22 bits per heavy atom. The second-order valence-corrected chi connectivity index (χ2v) is 8.41. The van der Waals surface area contributed by atoms with E-state index in [4.69, 9.17) is 0 Å². The van der Waals surface area contributed by atoms with E-state index in [1.165, 1.54) is 11.1 Å². The number of halogens is 1. The molecule has 0 radical (unpaired) electrons. The molecular weight excluding hydrogens is 470 g/mol. The van der Waals surface area contributed by atoms with E-state index < -0.39 is 0 Å². The summed E-state index contributed by atoms with van der Waals surface area (Å²) in [5.41, 5.74) is 4.79. The van der Waals surface area contributed by atoms with E-state index in [0.717, 1.165) is 29.3 Å². The highest BCUT2D eigenvalue weighted by Crippen LogP contribution is 2.32. The monoisotopic (exact) mass is 486 g/mol. The van der Waals surface area contributed by atoms with Crippen LogP contribution in [-0.2, 0) is 11.2 Å². The third-order valence-electron chi connectivity index (χ3n) is 4.77. The fourth-order valence-corrected chi connectivity index (χ4v) is 5.00. The lowest BCUT2D eigenvalue weighted by molar-refractivity contribution is -0.117. The second-order valence-electron chi connectivity index (χ2n) is 6.37. The fraction of sp³-hybridized carbons (Fsp3) is 0.150. The van der Waals surface area contributed by atoms with Crippen LogP contribution in [0.15, 0.2) is 48.5 Å². The van der Waals surface area contributed by atoms with Gasteiger partial charge in [0.15, 0.2) is 5.69 Å². The summed E-state index contributed by atoms with van der Waals surface area (Å²) in [6.07, 6.45) is 5.73. The van der Waals surface area contributed by atoms with Gasteiger partial charge in [0.2, 0.25) is 5.91 Å². The topological polar surface area (TPSA) is 70.7 Å². The molecule has 27 heavy (non-hydrogen) atoms. The van der Waals surface area contributed by atoms with Gasteiger partial charge in [0, 0.05) is 11.5 Å². The molecule has 3 aromatic rings. The van der Waals surface area contributed by atoms with Gasteiger partial charge in [-0.3, -0.25) is 4.79 Å². The van der Waals surface area contributed by atoms with Crippen molar-refractivity contribution >= 4 is 51.3 Å². The number of nitriles is 1. The molecule has 0 saturated carbocycles. The first-order valence-corrected chi connectivity index (χ1v) is 12.6. The average molecular weight is 486 g/mol. The van der Waals surface area contributed by atoms with Crippen molar-refractivity contribution < 1.29 is 4.79 Å². The van der Waals surface area contributed by atoms with Crippen LogP contribution in [0.5, 0.6) is 0 Å². The first-order valence-electron chi connectivity index (χ1n) is 8.55. The van der Waals surface area contributed by atoms with Gasteiger partial charge < -0.3 is 5.32 Å². The number of carbonyl (C=O) groups excluding carboxylic acids is 1. The maximum Gasteiger partial charge on any atom is 0.244 e. The number of hydrogen-bond donors (Lipinski definition) is 1. The van der Waals surface area contributed by atoms with Crippen LogP contribution in [0.25, 0.3) is 17.0 Å². The molecule has 1 aromatic heterocycles. The molecule has 2 unspecified atom stereocenters. The number of carbonyl (C=O) groups is 1. The Hall–Kier alpha value is -2.23. The van der Waals surface area contributed by atoms with Crippen LogP contribution in [-0.4, -0.2) is 15.5 Å². The first-order chi connectivity index (χ1) is 13.2. The summed E-state index contributed by atoms with van der Waals surface area (Å²) < 4.78 is 1.82. The highest BCUT2D eigenvalue weighted by molar-refractivity contribution is 14.2. The van der Waals surface area contributed by atoms with Crippen LogP contribution in [0.1, 0.15) is 34.8 Å². The molecule has 4 rings (SSSR count). The molecule has 0 aliphatic heterocycles. The number of aryl methyl sites for hydroxylation is 1. The summed E-state index contributed by atoms with van der Waals surface area (Å²) in [5.74, 6) is -0.0983. The Kier molecular flexibility index (Phi) is 5.24. The predicted octanol–water partition coefficient (Wildman–Crippen LogP) is 4.52. The van der Waals surface area contributed by atoms with Crippen LogP contribution < -0.4 is 5.32 Å². The van der Waals surface area contributed by atoms with Gasteiger partial charge >= 0.3 is 0 Å². The number of aromatic nitrogens is 2. The molecule has 1 N–H and O–H groups in total. The Morgan fingerprint density at radius 1 is 1.37 bits per heavy atom. The van der Waals surface area contributed by atoms with Crippen LogP contribution in [0.4, 0.5) is 0 Å². The third kappa shape index (κ3) is 3.62. The minimum atomic E-state index is -0.0983. The maximum absolute atomic E-state index is 12.4. The van der Waals surface area contributed by atoms with Crippen molar-refractivity contribution in [2.24, 2.45) is 0 Å². The third-order valence-corrected chi connectivity index (χ3v) is 6.64. The number of nitrogens with one attached hydrogen (secondary N) is 1. The summed E-state index contributed by atoms with van der Waals surface area (Å²) in [6.45, 7) is 0. The molecule has 1 aliphatic rings. The number of fused-ring (bicyclic) bond motifs is 2. The van der Waals surface area contributed by atoms with Crippen molar-refractivity contribution in [2.45, 2.75) is 18.9 Å². The number of benzene rings is 2. The lowest BCUT2D eigenvalue weighted by Crippen LogP contribution is -2.25. The zero-order chi connectivity index (χ0) is 18.8. The van der Waals surface area contributed by atoms with E-state index in [-0.39, 0.29) is 11.9 Å². The van der Waals surface area contributed by atoms with Gasteiger partial charge in [-0.05, 0) is 69.8 Å². The molecular formula is C20H16IN4OP. The SMILES string of the molecule is N#Cc1nn(PI)c2cc(/C=C/C(=O)NC3CCc4ccccc43)ccc12. The standard InChI is InChI=1S/C20H16IN4OP/c21-27-25-19-11-13(5-8-16(19)18(12-22)24-25)6-10-20(26)23-17-9-7-14-3-1-2-4-15(14)17/h1-6,8,10-11,17,27H,7,9H2,(H,23,26)/b10-6+. The molecule has 0 spiro atoms. The Bertz CT molecular complexity index is 1100. The van der Waals surface area contributed by atoms with E-state index in [2.05, 4.69) is 50.7 Å². The van der Waals surface area contributed by atoms with Crippen molar-refractivity contribution in [3.8, 4) is 6.07 Å². The number of amides is 1. The van der Waals surface area contributed by atoms with Gasteiger partial charge in [-0.15, -0.1) is 0 Å². The summed E-state index contributed by atoms with van der Waals surface area (Å²) in [7, 11) is 0. The van der Waals surface area contributed by atoms with Gasteiger partial charge in [0.05, 0.1) is 17.9 Å². The van der Waals surface area contributed by atoms with Gasteiger partial charge in [-0.25, -0.2) is 4.45 Å². The molecule has 1 heterocycles. The molecule has 2 atom stereocenters. The van der Waals surface area contributed by atoms with E-state index in [1.54, 1.807) is 12.2 Å².